The zero-order valence-electron chi connectivity index (χ0n) is 13.7. The highest BCUT2D eigenvalue weighted by atomic mass is 35.5. The Morgan fingerprint density at radius 3 is 1.95 bits per heavy atom. The summed E-state index contributed by atoms with van der Waals surface area (Å²) >= 11 is 0. The van der Waals surface area contributed by atoms with Gasteiger partial charge in [0.15, 0.2) is 0 Å². The number of nitrogens with one attached hydrogen (secondary N) is 1. The molecule has 0 amide bonds. The van der Waals surface area contributed by atoms with Gasteiger partial charge in [0, 0.05) is 12.6 Å². The van der Waals surface area contributed by atoms with Gasteiger partial charge in [-0.15, -0.1) is 12.4 Å². The lowest BCUT2D eigenvalue weighted by molar-refractivity contribution is 0.532. The van der Waals surface area contributed by atoms with Crippen molar-refractivity contribution in [1.82, 2.24) is 5.32 Å². The van der Waals surface area contributed by atoms with Crippen LogP contribution in [0, 0.1) is 0 Å². The molecule has 0 saturated heterocycles. The Morgan fingerprint density at radius 1 is 0.909 bits per heavy atom. The van der Waals surface area contributed by atoms with Crippen LogP contribution in [0.3, 0.4) is 0 Å². The molecule has 0 aliphatic heterocycles. The van der Waals surface area contributed by atoms with Crippen LogP contribution in [0.15, 0.2) is 48.5 Å². The summed E-state index contributed by atoms with van der Waals surface area (Å²) in [6.07, 6.45) is 2.33. The van der Waals surface area contributed by atoms with Gasteiger partial charge in [-0.1, -0.05) is 69.3 Å². The van der Waals surface area contributed by atoms with Gasteiger partial charge in [0.1, 0.15) is 0 Å². The molecule has 1 aliphatic rings. The summed E-state index contributed by atoms with van der Waals surface area (Å²) in [5.74, 6) is 0. The van der Waals surface area contributed by atoms with Crippen LogP contribution < -0.4 is 5.32 Å². The van der Waals surface area contributed by atoms with Gasteiger partial charge in [0.2, 0.25) is 0 Å². The van der Waals surface area contributed by atoms with Crippen molar-refractivity contribution in [2.24, 2.45) is 0 Å². The molecule has 3 rings (SSSR count). The molecule has 2 heteroatoms. The molecule has 0 radical (unpaired) electrons. The van der Waals surface area contributed by atoms with Crippen molar-refractivity contribution in [3.63, 3.8) is 0 Å². The SMILES string of the molecule is CC(C)(C)c1ccc(CNC2Cc3ccccc3C2)cc1.Cl. The fraction of sp³-hybridized carbons (Fsp3) is 0.400. The lowest BCUT2D eigenvalue weighted by atomic mass is 9.87. The predicted molar refractivity (Wildman–Crippen MR) is 96.9 cm³/mol. The van der Waals surface area contributed by atoms with Crippen LogP contribution in [0.25, 0.3) is 0 Å². The molecular formula is C20H26ClN. The van der Waals surface area contributed by atoms with E-state index in [1.807, 2.05) is 0 Å². The summed E-state index contributed by atoms with van der Waals surface area (Å²) in [5, 5.41) is 3.70. The minimum absolute atomic E-state index is 0. The maximum atomic E-state index is 3.70. The van der Waals surface area contributed by atoms with Gasteiger partial charge in [-0.2, -0.15) is 0 Å². The molecular weight excluding hydrogens is 290 g/mol. The summed E-state index contributed by atoms with van der Waals surface area (Å²) in [6, 6.07) is 18.4. The van der Waals surface area contributed by atoms with Crippen LogP contribution in [0.1, 0.15) is 43.0 Å². The molecule has 0 atom stereocenters. The van der Waals surface area contributed by atoms with E-state index >= 15 is 0 Å². The third kappa shape index (κ3) is 3.91. The van der Waals surface area contributed by atoms with Gasteiger partial charge in [-0.05, 0) is 40.5 Å². The molecule has 1 nitrogen and oxygen atoms in total. The Kier molecular flexibility index (Phi) is 5.31. The molecule has 0 saturated carbocycles. The molecule has 0 bridgehead atoms. The monoisotopic (exact) mass is 315 g/mol. The highest BCUT2D eigenvalue weighted by molar-refractivity contribution is 5.85. The van der Waals surface area contributed by atoms with Crippen LogP contribution >= 0.6 is 12.4 Å². The maximum absolute atomic E-state index is 3.70. The normalized spacial score (nSPS) is 14.5. The van der Waals surface area contributed by atoms with Crippen LogP contribution in [0.2, 0.25) is 0 Å². The van der Waals surface area contributed by atoms with E-state index in [1.54, 1.807) is 0 Å². The van der Waals surface area contributed by atoms with Gasteiger partial charge in [-0.25, -0.2) is 0 Å². The Labute approximate surface area is 140 Å². The lowest BCUT2D eigenvalue weighted by Gasteiger charge is -2.19. The van der Waals surface area contributed by atoms with Crippen molar-refractivity contribution in [3.05, 3.63) is 70.8 Å². The second-order valence-electron chi connectivity index (χ2n) is 7.20. The first-order valence-electron chi connectivity index (χ1n) is 7.92. The van der Waals surface area contributed by atoms with E-state index in [0.29, 0.717) is 6.04 Å². The molecule has 2 aromatic carbocycles. The lowest BCUT2D eigenvalue weighted by Crippen LogP contribution is -2.28. The highest BCUT2D eigenvalue weighted by Crippen LogP contribution is 2.23. The molecule has 0 fully saturated rings. The van der Waals surface area contributed by atoms with Gasteiger partial charge in [0.25, 0.3) is 0 Å². The minimum atomic E-state index is 0. The van der Waals surface area contributed by atoms with Crippen LogP contribution in [0.4, 0.5) is 0 Å². The fourth-order valence-electron chi connectivity index (χ4n) is 3.09. The first-order chi connectivity index (χ1) is 10.0. The Morgan fingerprint density at radius 2 is 1.45 bits per heavy atom. The molecule has 118 valence electrons. The summed E-state index contributed by atoms with van der Waals surface area (Å²) < 4.78 is 0. The van der Waals surface area contributed by atoms with Crippen LogP contribution in [0.5, 0.6) is 0 Å². The molecule has 1 aliphatic carbocycles. The first kappa shape index (κ1) is 17.1. The van der Waals surface area contributed by atoms with Crippen molar-refractivity contribution in [2.75, 3.05) is 0 Å². The van der Waals surface area contributed by atoms with Crippen molar-refractivity contribution in [3.8, 4) is 0 Å². The number of halogens is 1. The summed E-state index contributed by atoms with van der Waals surface area (Å²) in [5.41, 5.74) is 6.04. The van der Waals surface area contributed by atoms with Crippen molar-refractivity contribution in [1.29, 1.82) is 0 Å². The number of benzene rings is 2. The molecule has 0 aromatic heterocycles. The minimum Gasteiger partial charge on any atom is -0.309 e. The van der Waals surface area contributed by atoms with E-state index in [1.165, 1.54) is 22.3 Å². The Balaban J connectivity index is 0.00000176. The summed E-state index contributed by atoms with van der Waals surface area (Å²) in [6.45, 7) is 7.74. The Hall–Kier alpha value is -1.31. The average Bonchev–Trinajstić information content (AvgIpc) is 2.87. The second-order valence-corrected chi connectivity index (χ2v) is 7.20. The van der Waals surface area contributed by atoms with Crippen molar-refractivity contribution >= 4 is 12.4 Å². The zero-order chi connectivity index (χ0) is 14.9. The van der Waals surface area contributed by atoms with E-state index in [4.69, 9.17) is 0 Å². The fourth-order valence-corrected chi connectivity index (χ4v) is 3.09. The number of rotatable bonds is 3. The summed E-state index contributed by atoms with van der Waals surface area (Å²) in [4.78, 5) is 0. The highest BCUT2D eigenvalue weighted by Gasteiger charge is 2.20. The summed E-state index contributed by atoms with van der Waals surface area (Å²) in [7, 11) is 0. The molecule has 0 unspecified atom stereocenters. The van der Waals surface area contributed by atoms with Gasteiger partial charge < -0.3 is 5.32 Å². The molecule has 1 N–H and O–H groups in total. The average molecular weight is 316 g/mol. The topological polar surface area (TPSA) is 12.0 Å². The predicted octanol–water partition coefficient (Wildman–Crippen LogP) is 4.66. The number of hydrogen-bond acceptors (Lipinski definition) is 1. The Bertz CT molecular complexity index is 585. The van der Waals surface area contributed by atoms with E-state index in [2.05, 4.69) is 74.6 Å². The largest absolute Gasteiger partial charge is 0.309 e. The van der Waals surface area contributed by atoms with Crippen LogP contribution in [-0.2, 0) is 24.8 Å². The van der Waals surface area contributed by atoms with Crippen molar-refractivity contribution < 1.29 is 0 Å². The molecule has 0 heterocycles. The van der Waals surface area contributed by atoms with E-state index < -0.39 is 0 Å². The van der Waals surface area contributed by atoms with Crippen molar-refractivity contribution in [2.45, 2.75) is 51.6 Å². The van der Waals surface area contributed by atoms with Gasteiger partial charge in [0.05, 0.1) is 0 Å². The molecule has 22 heavy (non-hydrogen) atoms. The quantitative estimate of drug-likeness (QED) is 0.868. The number of fused-ring (bicyclic) bond motifs is 1. The molecule has 2 aromatic rings. The zero-order valence-corrected chi connectivity index (χ0v) is 14.5. The third-order valence-electron chi connectivity index (χ3n) is 4.47. The first-order valence-corrected chi connectivity index (χ1v) is 7.92. The van der Waals surface area contributed by atoms with E-state index in [9.17, 15) is 0 Å². The number of hydrogen-bond donors (Lipinski definition) is 1. The van der Waals surface area contributed by atoms with E-state index in [-0.39, 0.29) is 17.8 Å². The van der Waals surface area contributed by atoms with Crippen LogP contribution in [-0.4, -0.2) is 6.04 Å². The maximum Gasteiger partial charge on any atom is 0.0208 e. The standard InChI is InChI=1S/C20H25N.ClH/c1-20(2,3)18-10-8-15(9-11-18)14-21-19-12-16-6-4-5-7-17(16)13-19;/h4-11,19,21H,12-14H2,1-3H3;1H. The van der Waals surface area contributed by atoms with E-state index in [0.717, 1.165) is 19.4 Å². The third-order valence-corrected chi connectivity index (χ3v) is 4.47. The smallest absolute Gasteiger partial charge is 0.0208 e. The van der Waals surface area contributed by atoms with Gasteiger partial charge in [-0.3, -0.25) is 0 Å². The van der Waals surface area contributed by atoms with Gasteiger partial charge >= 0.3 is 0 Å². The second kappa shape index (κ2) is 6.85. The molecule has 0 spiro atoms.